The number of fused-ring (bicyclic) bond motifs is 2. The first-order valence-corrected chi connectivity index (χ1v) is 7.76. The van der Waals surface area contributed by atoms with Crippen LogP contribution in [0.15, 0.2) is 66.7 Å². The van der Waals surface area contributed by atoms with Crippen LogP contribution in [-0.2, 0) is 0 Å². The van der Waals surface area contributed by atoms with Crippen molar-refractivity contribution >= 4 is 27.2 Å². The lowest BCUT2D eigenvalue weighted by molar-refractivity contribution is 0.415. The number of hydrogen-bond acceptors (Lipinski definition) is 3. The number of aromatic hydroxyl groups is 1. The molecule has 0 aromatic heterocycles. The van der Waals surface area contributed by atoms with E-state index in [0.29, 0.717) is 5.69 Å². The van der Waals surface area contributed by atoms with Crippen molar-refractivity contribution in [2.24, 2.45) is 0 Å². The van der Waals surface area contributed by atoms with Gasteiger partial charge in [-0.1, -0.05) is 42.5 Å². The normalized spacial score (nSPS) is 11.0. The fraction of sp³-hybridized carbons (Fsp3) is 0.0476. The van der Waals surface area contributed by atoms with Gasteiger partial charge in [-0.3, -0.25) is 0 Å². The van der Waals surface area contributed by atoms with Crippen LogP contribution in [-0.4, -0.2) is 12.2 Å². The Hall–Kier alpha value is -3.20. The van der Waals surface area contributed by atoms with Crippen molar-refractivity contribution in [3.63, 3.8) is 0 Å². The van der Waals surface area contributed by atoms with Crippen molar-refractivity contribution in [3.8, 4) is 22.6 Å². The first-order chi connectivity index (χ1) is 11.7. The number of ether oxygens (including phenoxy) is 1. The Morgan fingerprint density at radius 3 is 2.33 bits per heavy atom. The average Bonchev–Trinajstić information content (AvgIpc) is 2.62. The summed E-state index contributed by atoms with van der Waals surface area (Å²) in [6.07, 6.45) is 0. The molecule has 0 saturated heterocycles. The summed E-state index contributed by atoms with van der Waals surface area (Å²) in [7, 11) is 1.64. The molecule has 4 rings (SSSR count). The van der Waals surface area contributed by atoms with Gasteiger partial charge in [0.15, 0.2) is 0 Å². The summed E-state index contributed by atoms with van der Waals surface area (Å²) in [4.78, 5) is 0. The molecular formula is C21H17NO2. The number of methoxy groups -OCH3 is 1. The predicted molar refractivity (Wildman–Crippen MR) is 99.5 cm³/mol. The number of nitrogen functional groups attached to an aromatic ring is 1. The van der Waals surface area contributed by atoms with E-state index in [4.69, 9.17) is 10.5 Å². The van der Waals surface area contributed by atoms with Crippen molar-refractivity contribution in [3.05, 3.63) is 66.7 Å². The van der Waals surface area contributed by atoms with Crippen molar-refractivity contribution in [2.75, 3.05) is 12.8 Å². The van der Waals surface area contributed by atoms with Crippen molar-refractivity contribution in [1.29, 1.82) is 0 Å². The van der Waals surface area contributed by atoms with E-state index in [1.165, 1.54) is 0 Å². The van der Waals surface area contributed by atoms with Crippen LogP contribution in [0.5, 0.6) is 11.5 Å². The zero-order valence-corrected chi connectivity index (χ0v) is 13.3. The quantitative estimate of drug-likeness (QED) is 0.514. The number of anilines is 1. The van der Waals surface area contributed by atoms with Gasteiger partial charge in [0.05, 0.1) is 7.11 Å². The third kappa shape index (κ3) is 2.14. The lowest BCUT2D eigenvalue weighted by atomic mass is 9.92. The Bertz CT molecular complexity index is 1070. The maximum absolute atomic E-state index is 10.6. The van der Waals surface area contributed by atoms with E-state index in [1.54, 1.807) is 13.2 Å². The summed E-state index contributed by atoms with van der Waals surface area (Å²) in [5.41, 5.74) is 8.53. The Morgan fingerprint density at radius 1 is 0.792 bits per heavy atom. The summed E-state index contributed by atoms with van der Waals surface area (Å²) in [5.74, 6) is 0.977. The van der Waals surface area contributed by atoms with Crippen LogP contribution in [0.1, 0.15) is 0 Å². The predicted octanol–water partition coefficient (Wildman–Crippen LogP) is 4.96. The highest BCUT2D eigenvalue weighted by molar-refractivity contribution is 6.11. The lowest BCUT2D eigenvalue weighted by Gasteiger charge is -2.15. The van der Waals surface area contributed by atoms with Gasteiger partial charge >= 0.3 is 0 Å². The summed E-state index contributed by atoms with van der Waals surface area (Å²) >= 11 is 0. The highest BCUT2D eigenvalue weighted by Crippen LogP contribution is 2.43. The van der Waals surface area contributed by atoms with Crippen LogP contribution in [0.25, 0.3) is 32.7 Å². The maximum Gasteiger partial charge on any atom is 0.124 e. The van der Waals surface area contributed by atoms with Gasteiger partial charge in [0.25, 0.3) is 0 Å². The minimum atomic E-state index is 0.218. The molecule has 118 valence electrons. The van der Waals surface area contributed by atoms with Gasteiger partial charge in [-0.25, -0.2) is 0 Å². The summed E-state index contributed by atoms with van der Waals surface area (Å²) < 4.78 is 5.37. The fourth-order valence-corrected chi connectivity index (χ4v) is 3.24. The van der Waals surface area contributed by atoms with Crippen molar-refractivity contribution < 1.29 is 9.84 Å². The number of hydrogen-bond donors (Lipinski definition) is 2. The monoisotopic (exact) mass is 315 g/mol. The Morgan fingerprint density at radius 2 is 1.50 bits per heavy atom. The van der Waals surface area contributed by atoms with Crippen LogP contribution in [0, 0.1) is 0 Å². The van der Waals surface area contributed by atoms with Crippen LogP contribution in [0.2, 0.25) is 0 Å². The molecule has 0 bridgehead atoms. The third-order valence-corrected chi connectivity index (χ3v) is 4.42. The highest BCUT2D eigenvalue weighted by atomic mass is 16.5. The van der Waals surface area contributed by atoms with E-state index in [1.807, 2.05) is 60.7 Å². The third-order valence-electron chi connectivity index (χ3n) is 4.42. The van der Waals surface area contributed by atoms with Crippen LogP contribution < -0.4 is 10.5 Å². The lowest BCUT2D eigenvalue weighted by Crippen LogP contribution is -1.94. The molecule has 0 fully saturated rings. The zero-order chi connectivity index (χ0) is 16.7. The summed E-state index contributed by atoms with van der Waals surface area (Å²) in [5, 5.41) is 14.6. The molecule has 0 amide bonds. The zero-order valence-electron chi connectivity index (χ0n) is 13.3. The molecule has 0 aliphatic heterocycles. The van der Waals surface area contributed by atoms with E-state index < -0.39 is 0 Å². The largest absolute Gasteiger partial charge is 0.507 e. The van der Waals surface area contributed by atoms with Crippen LogP contribution in [0.3, 0.4) is 0 Å². The van der Waals surface area contributed by atoms with E-state index in [-0.39, 0.29) is 5.75 Å². The van der Waals surface area contributed by atoms with E-state index in [2.05, 4.69) is 0 Å². The summed E-state index contributed by atoms with van der Waals surface area (Å²) in [6, 6.07) is 21.4. The van der Waals surface area contributed by atoms with Gasteiger partial charge in [0.1, 0.15) is 11.5 Å². The fourth-order valence-electron chi connectivity index (χ4n) is 3.24. The van der Waals surface area contributed by atoms with E-state index >= 15 is 0 Å². The summed E-state index contributed by atoms with van der Waals surface area (Å²) in [6.45, 7) is 0. The molecule has 0 radical (unpaired) electrons. The van der Waals surface area contributed by atoms with E-state index in [0.717, 1.165) is 38.4 Å². The minimum absolute atomic E-state index is 0.218. The Kier molecular flexibility index (Phi) is 3.28. The molecule has 0 aliphatic rings. The molecular weight excluding hydrogens is 298 g/mol. The molecule has 3 nitrogen and oxygen atoms in total. The smallest absolute Gasteiger partial charge is 0.124 e. The second kappa shape index (κ2) is 5.46. The highest BCUT2D eigenvalue weighted by Gasteiger charge is 2.15. The molecule has 4 aromatic rings. The SMILES string of the molecule is COc1ccc2ccc(N)c(-c3c(O)ccc4ccccc34)c2c1. The topological polar surface area (TPSA) is 55.5 Å². The van der Waals surface area contributed by atoms with Crippen LogP contribution >= 0.6 is 0 Å². The Balaban J connectivity index is 2.18. The molecule has 3 N–H and O–H groups in total. The first-order valence-electron chi connectivity index (χ1n) is 7.76. The number of phenolic OH excluding ortho intramolecular Hbond substituents is 1. The molecule has 0 saturated carbocycles. The molecule has 0 heterocycles. The molecule has 0 atom stereocenters. The van der Waals surface area contributed by atoms with Crippen molar-refractivity contribution in [2.45, 2.75) is 0 Å². The number of benzene rings is 4. The minimum Gasteiger partial charge on any atom is -0.507 e. The van der Waals surface area contributed by atoms with Crippen molar-refractivity contribution in [1.82, 2.24) is 0 Å². The molecule has 4 aromatic carbocycles. The molecule has 0 unspecified atom stereocenters. The van der Waals surface area contributed by atoms with Gasteiger partial charge in [0, 0.05) is 16.8 Å². The number of phenols is 1. The van der Waals surface area contributed by atoms with Crippen LogP contribution in [0.4, 0.5) is 5.69 Å². The molecule has 0 aliphatic carbocycles. The van der Waals surface area contributed by atoms with Gasteiger partial charge < -0.3 is 15.6 Å². The standard InChI is InChI=1S/C21H17NO2/c1-24-15-9-6-14-7-10-18(22)20(17(14)12-15)21-16-5-3-2-4-13(16)8-11-19(21)23/h2-12,23H,22H2,1H3. The number of rotatable bonds is 2. The second-order valence-electron chi connectivity index (χ2n) is 5.80. The second-order valence-corrected chi connectivity index (χ2v) is 5.80. The first kappa shape index (κ1) is 14.4. The Labute approximate surface area is 139 Å². The molecule has 0 spiro atoms. The number of nitrogens with two attached hydrogens (primary N) is 1. The van der Waals surface area contributed by atoms with Gasteiger partial charge in [-0.05, 0) is 45.8 Å². The average molecular weight is 315 g/mol. The van der Waals surface area contributed by atoms with Gasteiger partial charge in [-0.15, -0.1) is 0 Å². The van der Waals surface area contributed by atoms with E-state index in [9.17, 15) is 5.11 Å². The molecule has 24 heavy (non-hydrogen) atoms. The maximum atomic E-state index is 10.6. The van der Waals surface area contributed by atoms with Gasteiger partial charge in [0.2, 0.25) is 0 Å². The molecule has 3 heteroatoms. The van der Waals surface area contributed by atoms with Gasteiger partial charge in [-0.2, -0.15) is 0 Å².